The maximum atomic E-state index is 12.2. The Bertz CT molecular complexity index is 593. The highest BCUT2D eigenvalue weighted by atomic mass is 19.4. The van der Waals surface area contributed by atoms with Gasteiger partial charge in [0.25, 0.3) is 0 Å². The number of benzene rings is 1. The van der Waals surface area contributed by atoms with Gasteiger partial charge in [0.2, 0.25) is 0 Å². The van der Waals surface area contributed by atoms with Crippen molar-refractivity contribution in [1.29, 1.82) is 0 Å². The molecule has 2 rings (SSSR count). The smallest absolute Gasteiger partial charge is 0.465 e. The van der Waals surface area contributed by atoms with Gasteiger partial charge in [-0.3, -0.25) is 10.4 Å². The van der Waals surface area contributed by atoms with Gasteiger partial charge in [-0.2, -0.15) is 5.10 Å². The quantitative estimate of drug-likeness (QED) is 0.775. The first-order valence-corrected chi connectivity index (χ1v) is 4.58. The van der Waals surface area contributed by atoms with Gasteiger partial charge in [0, 0.05) is 11.5 Å². The summed E-state index contributed by atoms with van der Waals surface area (Å²) >= 11 is 0. The summed E-state index contributed by atoms with van der Waals surface area (Å²) in [7, 11) is 0. The van der Waals surface area contributed by atoms with Crippen LogP contribution in [0.3, 0.4) is 0 Å². The number of hydrogen-bond acceptors (Lipinski definition) is 3. The number of aromatic nitrogens is 2. The van der Waals surface area contributed by atoms with E-state index in [1.807, 2.05) is 5.32 Å². The summed E-state index contributed by atoms with van der Waals surface area (Å²) in [5.41, 5.74) is -0.0149. The summed E-state index contributed by atoms with van der Waals surface area (Å²) in [6, 6.07) is 2.20. The molecule has 0 atom stereocenters. The number of carbonyl (C=O) groups is 1. The number of nitrogens with one attached hydrogen (secondary N) is 2. The van der Waals surface area contributed by atoms with Crippen LogP contribution in [0.1, 0.15) is 0 Å². The Hall–Kier alpha value is -2.45. The summed E-state index contributed by atoms with van der Waals surface area (Å²) in [4.78, 5) is 10.5. The van der Waals surface area contributed by atoms with Crippen molar-refractivity contribution in [3.05, 3.63) is 18.3 Å². The molecule has 3 N–H and O–H groups in total. The molecular weight excluding hydrogens is 255 g/mol. The van der Waals surface area contributed by atoms with Crippen molar-refractivity contribution in [1.82, 2.24) is 10.2 Å². The third kappa shape index (κ3) is 2.62. The maximum absolute atomic E-state index is 12.2. The monoisotopic (exact) mass is 261 g/mol. The van der Waals surface area contributed by atoms with E-state index in [1.54, 1.807) is 0 Å². The summed E-state index contributed by atoms with van der Waals surface area (Å²) < 4.78 is 40.2. The first-order valence-electron chi connectivity index (χ1n) is 4.58. The molecule has 0 unspecified atom stereocenters. The average Bonchev–Trinajstić information content (AvgIpc) is 2.61. The Morgan fingerprint density at radius 3 is 2.78 bits per heavy atom. The number of fused-ring (bicyclic) bond motifs is 1. The molecule has 9 heteroatoms. The molecule has 0 saturated heterocycles. The summed E-state index contributed by atoms with van der Waals surface area (Å²) in [6.45, 7) is 0. The lowest BCUT2D eigenvalue weighted by Gasteiger charge is -2.13. The zero-order valence-corrected chi connectivity index (χ0v) is 8.58. The van der Waals surface area contributed by atoms with E-state index >= 15 is 0 Å². The van der Waals surface area contributed by atoms with Crippen LogP contribution in [-0.2, 0) is 0 Å². The van der Waals surface area contributed by atoms with E-state index in [0.717, 1.165) is 6.07 Å². The normalized spacial score (nSPS) is 11.5. The number of halogens is 3. The van der Waals surface area contributed by atoms with E-state index in [0.29, 0.717) is 10.9 Å². The van der Waals surface area contributed by atoms with E-state index in [2.05, 4.69) is 14.9 Å². The predicted octanol–water partition coefficient (Wildman–Crippen LogP) is 2.55. The van der Waals surface area contributed by atoms with Crippen LogP contribution in [0.5, 0.6) is 5.75 Å². The SMILES string of the molecule is O=C(O)Nc1cc2cn[nH]c2cc1OC(F)(F)F. The van der Waals surface area contributed by atoms with Gasteiger partial charge in [0.1, 0.15) is 0 Å². The number of nitrogens with zero attached hydrogens (tertiary/aromatic N) is 1. The molecule has 0 spiro atoms. The molecule has 0 aliphatic heterocycles. The molecule has 0 saturated carbocycles. The summed E-state index contributed by atoms with van der Waals surface area (Å²) in [5, 5.41) is 16.9. The van der Waals surface area contributed by atoms with E-state index in [4.69, 9.17) is 5.11 Å². The van der Waals surface area contributed by atoms with E-state index in [-0.39, 0.29) is 5.69 Å². The Labute approximate surface area is 97.4 Å². The van der Waals surface area contributed by atoms with Gasteiger partial charge in [-0.15, -0.1) is 13.2 Å². The fourth-order valence-electron chi connectivity index (χ4n) is 1.39. The van der Waals surface area contributed by atoms with Gasteiger partial charge >= 0.3 is 12.5 Å². The Kier molecular flexibility index (Phi) is 2.73. The molecule has 2 aromatic rings. The summed E-state index contributed by atoms with van der Waals surface area (Å²) in [5.74, 6) is -0.651. The number of carboxylic acid groups (broad SMARTS) is 1. The second-order valence-corrected chi connectivity index (χ2v) is 3.28. The largest absolute Gasteiger partial charge is 0.573 e. The fraction of sp³-hybridized carbons (Fsp3) is 0.111. The van der Waals surface area contributed by atoms with E-state index in [9.17, 15) is 18.0 Å². The second kappa shape index (κ2) is 4.09. The van der Waals surface area contributed by atoms with Crippen LogP contribution in [0.15, 0.2) is 18.3 Å². The number of H-pyrrole nitrogens is 1. The van der Waals surface area contributed by atoms with Crippen LogP contribution >= 0.6 is 0 Å². The van der Waals surface area contributed by atoms with Crippen molar-refractivity contribution in [3.8, 4) is 5.75 Å². The van der Waals surface area contributed by atoms with Gasteiger partial charge in [-0.1, -0.05) is 0 Å². The van der Waals surface area contributed by atoms with Crippen LogP contribution in [-0.4, -0.2) is 27.8 Å². The zero-order chi connectivity index (χ0) is 13.3. The van der Waals surface area contributed by atoms with Crippen LogP contribution < -0.4 is 10.1 Å². The first-order chi connectivity index (χ1) is 8.35. The number of ether oxygens (including phenoxy) is 1. The highest BCUT2D eigenvalue weighted by Crippen LogP contribution is 2.33. The molecule has 0 bridgehead atoms. The van der Waals surface area contributed by atoms with Gasteiger partial charge in [0.05, 0.1) is 17.4 Å². The molecule has 1 amide bonds. The number of hydrogen-bond donors (Lipinski definition) is 3. The Morgan fingerprint density at radius 1 is 1.44 bits per heavy atom. The van der Waals surface area contributed by atoms with Crippen molar-refractivity contribution in [2.45, 2.75) is 6.36 Å². The number of rotatable bonds is 2. The van der Waals surface area contributed by atoms with Crippen LogP contribution in [0.25, 0.3) is 10.9 Å². The van der Waals surface area contributed by atoms with Crippen molar-refractivity contribution in [2.24, 2.45) is 0 Å². The lowest BCUT2D eigenvalue weighted by Crippen LogP contribution is -2.19. The molecule has 96 valence electrons. The molecule has 1 heterocycles. The van der Waals surface area contributed by atoms with Crippen LogP contribution in [0.4, 0.5) is 23.7 Å². The molecule has 6 nitrogen and oxygen atoms in total. The van der Waals surface area contributed by atoms with E-state index < -0.39 is 18.2 Å². The third-order valence-electron chi connectivity index (χ3n) is 2.01. The van der Waals surface area contributed by atoms with Crippen molar-refractivity contribution in [3.63, 3.8) is 0 Å². The standard InChI is InChI=1S/C9H6F3N3O3/c10-9(11,12)18-7-2-5-4(3-13-15-5)1-6(7)14-8(16)17/h1-3,14H,(H,13,15)(H,16,17). The molecule has 0 radical (unpaired) electrons. The van der Waals surface area contributed by atoms with E-state index in [1.165, 1.54) is 12.3 Å². The minimum absolute atomic E-state index is 0.296. The molecule has 1 aromatic carbocycles. The highest BCUT2D eigenvalue weighted by molar-refractivity contribution is 5.92. The lowest BCUT2D eigenvalue weighted by molar-refractivity contribution is -0.274. The Morgan fingerprint density at radius 2 is 2.17 bits per heavy atom. The number of alkyl halides is 3. The van der Waals surface area contributed by atoms with Gasteiger partial charge < -0.3 is 9.84 Å². The molecule has 18 heavy (non-hydrogen) atoms. The maximum Gasteiger partial charge on any atom is 0.573 e. The average molecular weight is 261 g/mol. The number of amides is 1. The number of aromatic amines is 1. The first kappa shape index (κ1) is 12.0. The number of anilines is 1. The minimum atomic E-state index is -4.91. The minimum Gasteiger partial charge on any atom is -0.465 e. The van der Waals surface area contributed by atoms with Gasteiger partial charge in [-0.25, -0.2) is 4.79 Å². The molecule has 0 aliphatic carbocycles. The Balaban J connectivity index is 2.48. The molecule has 1 aromatic heterocycles. The lowest BCUT2D eigenvalue weighted by atomic mass is 10.2. The fourth-order valence-corrected chi connectivity index (χ4v) is 1.39. The predicted molar refractivity (Wildman–Crippen MR) is 54.4 cm³/mol. The van der Waals surface area contributed by atoms with Crippen molar-refractivity contribution in [2.75, 3.05) is 5.32 Å². The van der Waals surface area contributed by atoms with Crippen LogP contribution in [0, 0.1) is 0 Å². The zero-order valence-electron chi connectivity index (χ0n) is 8.58. The molecule has 0 aliphatic rings. The molecule has 0 fully saturated rings. The third-order valence-corrected chi connectivity index (χ3v) is 2.01. The van der Waals surface area contributed by atoms with Crippen molar-refractivity contribution >= 4 is 22.7 Å². The molecular formula is C9H6F3N3O3. The van der Waals surface area contributed by atoms with Gasteiger partial charge in [-0.05, 0) is 6.07 Å². The van der Waals surface area contributed by atoms with Gasteiger partial charge in [0.15, 0.2) is 5.75 Å². The highest BCUT2D eigenvalue weighted by Gasteiger charge is 2.32. The summed E-state index contributed by atoms with van der Waals surface area (Å²) in [6.07, 6.45) is -5.06. The second-order valence-electron chi connectivity index (χ2n) is 3.28. The van der Waals surface area contributed by atoms with Crippen LogP contribution in [0.2, 0.25) is 0 Å². The van der Waals surface area contributed by atoms with Crippen molar-refractivity contribution < 1.29 is 27.8 Å². The topological polar surface area (TPSA) is 87.2 Å².